The fourth-order valence-corrected chi connectivity index (χ4v) is 6.55. The smallest absolute Gasteiger partial charge is 0.323 e. The van der Waals surface area contributed by atoms with Crippen molar-refractivity contribution in [2.24, 2.45) is 23.2 Å². The first-order chi connectivity index (χ1) is 13.4. The molecule has 0 radical (unpaired) electrons. The number of methoxy groups -OCH3 is 2. The van der Waals surface area contributed by atoms with Crippen LogP contribution in [0, 0.1) is 23.2 Å². The van der Waals surface area contributed by atoms with Crippen LogP contribution in [-0.2, 0) is 25.5 Å². The molecule has 0 bridgehead atoms. The van der Waals surface area contributed by atoms with Gasteiger partial charge in [0, 0.05) is 18.3 Å². The fraction of sp³-hybridized carbons (Fsp3) is 0.565. The quantitative estimate of drug-likeness (QED) is 0.493. The van der Waals surface area contributed by atoms with Crippen LogP contribution >= 0.6 is 0 Å². The molecule has 1 aromatic rings. The van der Waals surface area contributed by atoms with Crippen LogP contribution in [-0.4, -0.2) is 36.9 Å². The summed E-state index contributed by atoms with van der Waals surface area (Å²) in [5.74, 6) is -1.70. The van der Waals surface area contributed by atoms with Crippen LogP contribution in [0.15, 0.2) is 36.9 Å². The number of hydrogen-bond acceptors (Lipinski definition) is 5. The summed E-state index contributed by atoms with van der Waals surface area (Å²) >= 11 is 0. The number of aryl methyl sites for hydroxylation is 1. The lowest BCUT2D eigenvalue weighted by Crippen LogP contribution is -2.62. The van der Waals surface area contributed by atoms with Crippen LogP contribution < -0.4 is 0 Å². The Hall–Kier alpha value is -2.14. The van der Waals surface area contributed by atoms with Gasteiger partial charge in [-0.2, -0.15) is 0 Å². The third-order valence-corrected chi connectivity index (χ3v) is 7.63. The average molecular weight is 384 g/mol. The molecule has 28 heavy (non-hydrogen) atoms. The minimum Gasteiger partial charge on any atom is -0.468 e. The molecule has 2 saturated carbocycles. The molecule has 1 N–H and O–H groups in total. The number of aliphatic hydroxyl groups is 1. The van der Waals surface area contributed by atoms with Gasteiger partial charge in [-0.25, -0.2) is 0 Å². The molecular weight excluding hydrogens is 356 g/mol. The highest BCUT2D eigenvalue weighted by Gasteiger charge is 2.70. The van der Waals surface area contributed by atoms with E-state index in [1.807, 2.05) is 18.2 Å². The third kappa shape index (κ3) is 2.35. The fourth-order valence-electron chi connectivity index (χ4n) is 6.55. The minimum atomic E-state index is -1.55. The maximum Gasteiger partial charge on any atom is 0.323 e. The van der Waals surface area contributed by atoms with E-state index in [1.54, 1.807) is 6.08 Å². The SMILES string of the molecule is C=C[C@@H]1CC[C@H]2[C@@H]3CCc4ccccc4[C@H]3C(C(=O)OC)(C(=O)OC)C[C@@]12O. The summed E-state index contributed by atoms with van der Waals surface area (Å²) in [6.45, 7) is 3.90. The summed E-state index contributed by atoms with van der Waals surface area (Å²) in [7, 11) is 2.60. The van der Waals surface area contributed by atoms with E-state index in [0.29, 0.717) is 0 Å². The van der Waals surface area contributed by atoms with E-state index in [-0.39, 0.29) is 30.1 Å². The van der Waals surface area contributed by atoms with Crippen molar-refractivity contribution in [3.8, 4) is 0 Å². The zero-order valence-corrected chi connectivity index (χ0v) is 16.5. The first kappa shape index (κ1) is 19.2. The topological polar surface area (TPSA) is 72.8 Å². The maximum atomic E-state index is 13.2. The van der Waals surface area contributed by atoms with Crippen molar-refractivity contribution in [1.82, 2.24) is 0 Å². The number of ether oxygens (including phenoxy) is 2. The molecule has 5 nitrogen and oxygen atoms in total. The molecule has 1 aromatic carbocycles. The Kier molecular flexibility index (Phi) is 4.61. The molecule has 5 atom stereocenters. The second-order valence-corrected chi connectivity index (χ2v) is 8.53. The largest absolute Gasteiger partial charge is 0.468 e. The predicted octanol–water partition coefficient (Wildman–Crippen LogP) is 3.01. The number of hydrogen-bond donors (Lipinski definition) is 1. The van der Waals surface area contributed by atoms with Crippen LogP contribution in [0.1, 0.15) is 42.7 Å². The van der Waals surface area contributed by atoms with Gasteiger partial charge in [0.05, 0.1) is 19.8 Å². The monoisotopic (exact) mass is 384 g/mol. The Morgan fingerprint density at radius 3 is 2.46 bits per heavy atom. The normalized spacial score (nSPS) is 35.1. The summed E-state index contributed by atoms with van der Waals surface area (Å²) < 4.78 is 10.3. The highest BCUT2D eigenvalue weighted by Crippen LogP contribution is 2.65. The summed E-state index contributed by atoms with van der Waals surface area (Å²) in [6, 6.07) is 8.01. The first-order valence-corrected chi connectivity index (χ1v) is 10.0. The average Bonchev–Trinajstić information content (AvgIpc) is 3.07. The second kappa shape index (κ2) is 6.73. The van der Waals surface area contributed by atoms with Gasteiger partial charge in [-0.3, -0.25) is 9.59 Å². The lowest BCUT2D eigenvalue weighted by Gasteiger charge is -2.56. The lowest BCUT2D eigenvalue weighted by atomic mass is 9.48. The Morgan fingerprint density at radius 2 is 1.82 bits per heavy atom. The molecule has 150 valence electrons. The van der Waals surface area contributed by atoms with Crippen molar-refractivity contribution in [3.05, 3.63) is 48.0 Å². The number of fused-ring (bicyclic) bond motifs is 5. The van der Waals surface area contributed by atoms with Crippen LogP contribution in [0.25, 0.3) is 0 Å². The van der Waals surface area contributed by atoms with Gasteiger partial charge in [0.15, 0.2) is 5.41 Å². The van der Waals surface area contributed by atoms with Crippen LogP contribution in [0.5, 0.6) is 0 Å². The lowest BCUT2D eigenvalue weighted by molar-refractivity contribution is -0.195. The first-order valence-electron chi connectivity index (χ1n) is 10.0. The zero-order valence-electron chi connectivity index (χ0n) is 16.5. The van der Waals surface area contributed by atoms with Crippen molar-refractivity contribution in [2.75, 3.05) is 14.2 Å². The van der Waals surface area contributed by atoms with E-state index >= 15 is 0 Å². The molecule has 0 heterocycles. The highest BCUT2D eigenvalue weighted by atomic mass is 16.5. The molecule has 0 saturated heterocycles. The van der Waals surface area contributed by atoms with Gasteiger partial charge < -0.3 is 14.6 Å². The van der Waals surface area contributed by atoms with Gasteiger partial charge in [-0.15, -0.1) is 6.58 Å². The van der Waals surface area contributed by atoms with E-state index in [4.69, 9.17) is 9.47 Å². The number of carbonyl (C=O) groups excluding carboxylic acids is 2. The molecule has 0 unspecified atom stereocenters. The number of benzene rings is 1. The van der Waals surface area contributed by atoms with Crippen molar-refractivity contribution in [3.63, 3.8) is 0 Å². The summed E-state index contributed by atoms with van der Waals surface area (Å²) in [5.41, 5.74) is -0.539. The van der Waals surface area contributed by atoms with Crippen molar-refractivity contribution < 1.29 is 24.2 Å². The Balaban J connectivity index is 1.97. The molecule has 0 aliphatic heterocycles. The van der Waals surface area contributed by atoms with E-state index in [1.165, 1.54) is 14.2 Å². The van der Waals surface area contributed by atoms with E-state index < -0.39 is 23.0 Å². The molecule has 2 fully saturated rings. The zero-order chi connectivity index (χ0) is 20.1. The van der Waals surface area contributed by atoms with Crippen molar-refractivity contribution in [2.45, 2.75) is 43.6 Å². The maximum absolute atomic E-state index is 13.2. The highest BCUT2D eigenvalue weighted by molar-refractivity contribution is 6.02. The summed E-state index contributed by atoms with van der Waals surface area (Å²) in [6.07, 6.45) is 5.17. The number of esters is 2. The summed E-state index contributed by atoms with van der Waals surface area (Å²) in [5, 5.41) is 11.8. The van der Waals surface area contributed by atoms with Crippen LogP contribution in [0.2, 0.25) is 0 Å². The van der Waals surface area contributed by atoms with E-state index in [2.05, 4.69) is 12.6 Å². The Bertz CT molecular complexity index is 799. The second-order valence-electron chi connectivity index (χ2n) is 8.53. The molecule has 5 heteroatoms. The molecular formula is C23H28O5. The van der Waals surface area contributed by atoms with Gasteiger partial charge in [0.25, 0.3) is 0 Å². The van der Waals surface area contributed by atoms with Crippen molar-refractivity contribution >= 4 is 11.9 Å². The molecule has 4 rings (SSSR count). The molecule has 0 spiro atoms. The number of rotatable bonds is 3. The molecule has 3 aliphatic carbocycles. The number of carbonyl (C=O) groups is 2. The van der Waals surface area contributed by atoms with Gasteiger partial charge >= 0.3 is 11.9 Å². The van der Waals surface area contributed by atoms with E-state index in [0.717, 1.165) is 36.8 Å². The van der Waals surface area contributed by atoms with Gasteiger partial charge in [-0.05, 0) is 48.6 Å². The standard InChI is InChI=1S/C23H28O5/c1-4-15-10-12-18-17-11-9-14-7-5-6-8-16(14)19(17)22(20(24)27-2,21(25)28-3)13-23(15,18)26/h4-8,15,17-19,26H,1,9-13H2,2-3H3/t15-,17+,18+,19-,23-/m1/s1. The van der Waals surface area contributed by atoms with Crippen LogP contribution in [0.4, 0.5) is 0 Å². The minimum absolute atomic E-state index is 0.0101. The molecule has 3 aliphatic rings. The van der Waals surface area contributed by atoms with Crippen molar-refractivity contribution in [1.29, 1.82) is 0 Å². The van der Waals surface area contributed by atoms with Crippen LogP contribution in [0.3, 0.4) is 0 Å². The van der Waals surface area contributed by atoms with Gasteiger partial charge in [0.2, 0.25) is 0 Å². The Morgan fingerprint density at radius 1 is 1.14 bits per heavy atom. The predicted molar refractivity (Wildman–Crippen MR) is 103 cm³/mol. The summed E-state index contributed by atoms with van der Waals surface area (Å²) in [4.78, 5) is 26.4. The van der Waals surface area contributed by atoms with E-state index in [9.17, 15) is 14.7 Å². The Labute approximate surface area is 165 Å². The molecule has 0 aromatic heterocycles. The van der Waals surface area contributed by atoms with Gasteiger partial charge in [0.1, 0.15) is 0 Å². The van der Waals surface area contributed by atoms with Gasteiger partial charge in [-0.1, -0.05) is 30.3 Å². The molecule has 0 amide bonds. The third-order valence-electron chi connectivity index (χ3n) is 7.63.